The molecule has 29 heavy (non-hydrogen) atoms. The van der Waals surface area contributed by atoms with E-state index in [1.54, 1.807) is 18.6 Å². The summed E-state index contributed by atoms with van der Waals surface area (Å²) in [5.74, 6) is 2.10. The van der Waals surface area contributed by atoms with Crippen molar-refractivity contribution in [3.8, 4) is 5.75 Å². The van der Waals surface area contributed by atoms with Crippen LogP contribution in [0.15, 0.2) is 36.8 Å². The molecule has 0 radical (unpaired) electrons. The lowest BCUT2D eigenvalue weighted by Crippen LogP contribution is -2.43. The Morgan fingerprint density at radius 1 is 1.21 bits per heavy atom. The normalized spacial score (nSPS) is 26.1. The van der Waals surface area contributed by atoms with Crippen LogP contribution in [0.3, 0.4) is 0 Å². The summed E-state index contributed by atoms with van der Waals surface area (Å²) in [5.41, 5.74) is 2.35. The number of amides is 1. The largest absolute Gasteiger partial charge is 0.484 e. The van der Waals surface area contributed by atoms with E-state index in [0.29, 0.717) is 37.2 Å². The molecule has 154 valence electrons. The Labute approximate surface area is 171 Å². The van der Waals surface area contributed by atoms with Crippen molar-refractivity contribution >= 4 is 11.7 Å². The molecule has 0 unspecified atom stereocenters. The van der Waals surface area contributed by atoms with Gasteiger partial charge in [-0.2, -0.15) is 0 Å². The van der Waals surface area contributed by atoms with Crippen LogP contribution < -0.4 is 10.1 Å². The van der Waals surface area contributed by atoms with Crippen molar-refractivity contribution in [1.82, 2.24) is 14.9 Å². The molecule has 1 saturated carbocycles. The van der Waals surface area contributed by atoms with E-state index in [1.807, 2.05) is 30.0 Å². The predicted octanol–water partition coefficient (Wildman–Crippen LogP) is 2.18. The van der Waals surface area contributed by atoms with E-state index in [1.165, 1.54) is 5.56 Å². The number of anilines is 1. The first-order valence-corrected chi connectivity index (χ1v) is 10.2. The molecule has 1 aliphatic heterocycles. The number of benzene rings is 1. The monoisotopic (exact) mass is 396 g/mol. The summed E-state index contributed by atoms with van der Waals surface area (Å²) in [5, 5.41) is 13.9. The summed E-state index contributed by atoms with van der Waals surface area (Å²) in [4.78, 5) is 22.8. The second-order valence-electron chi connectivity index (χ2n) is 8.23. The Morgan fingerprint density at radius 3 is 2.72 bits per heavy atom. The van der Waals surface area contributed by atoms with Gasteiger partial charge in [-0.3, -0.25) is 9.78 Å². The lowest BCUT2D eigenvalue weighted by atomic mass is 9.77. The molecule has 1 amide bonds. The highest BCUT2D eigenvalue weighted by Gasteiger charge is 2.43. The standard InChI is InChI=1S/C22H28N4O3/c1-14-3-4-18(7-15(14)2)29-13-22(28)26-11-16-8-19(20(27)9-17(16)12-26)25-21-10-23-5-6-24-21/h3-7,10,16-17,19-20,27H,8-9,11-13H2,1-2H3,(H,24,25)/t16-,17+,19-,20-/m1/s1. The summed E-state index contributed by atoms with van der Waals surface area (Å²) < 4.78 is 5.72. The molecule has 7 heteroatoms. The SMILES string of the molecule is Cc1ccc(OCC(=O)N2C[C@H]3C[C@@H](Nc4cnccn4)[C@H](O)C[C@H]3C2)cc1C. The van der Waals surface area contributed by atoms with Crippen molar-refractivity contribution in [2.24, 2.45) is 11.8 Å². The number of aliphatic hydroxyl groups is 1. The number of aromatic nitrogens is 2. The molecule has 0 spiro atoms. The number of rotatable bonds is 5. The zero-order valence-corrected chi connectivity index (χ0v) is 16.9. The molecule has 4 rings (SSSR count). The second kappa shape index (κ2) is 8.37. The number of hydrogen-bond acceptors (Lipinski definition) is 6. The summed E-state index contributed by atoms with van der Waals surface area (Å²) in [7, 11) is 0. The third-order valence-corrected chi connectivity index (χ3v) is 6.23. The number of fused-ring (bicyclic) bond motifs is 1. The average molecular weight is 396 g/mol. The Kier molecular flexibility index (Phi) is 5.67. The lowest BCUT2D eigenvalue weighted by molar-refractivity contribution is -0.132. The molecule has 2 aromatic rings. The molecule has 0 bridgehead atoms. The molecule has 2 heterocycles. The van der Waals surface area contributed by atoms with Crippen LogP contribution in [-0.4, -0.2) is 57.7 Å². The number of likely N-dealkylation sites (tertiary alicyclic amines) is 1. The maximum Gasteiger partial charge on any atom is 0.260 e. The second-order valence-corrected chi connectivity index (χ2v) is 8.23. The molecule has 2 N–H and O–H groups in total. The highest BCUT2D eigenvalue weighted by molar-refractivity contribution is 5.78. The van der Waals surface area contributed by atoms with E-state index in [9.17, 15) is 9.90 Å². The van der Waals surface area contributed by atoms with Gasteiger partial charge in [0.1, 0.15) is 11.6 Å². The molecule has 1 aromatic carbocycles. The zero-order chi connectivity index (χ0) is 20.4. The van der Waals surface area contributed by atoms with E-state index < -0.39 is 6.10 Å². The van der Waals surface area contributed by atoms with Gasteiger partial charge in [0.2, 0.25) is 0 Å². The maximum absolute atomic E-state index is 12.7. The van der Waals surface area contributed by atoms with Gasteiger partial charge >= 0.3 is 0 Å². The Morgan fingerprint density at radius 2 is 2.00 bits per heavy atom. The number of aliphatic hydroxyl groups excluding tert-OH is 1. The van der Waals surface area contributed by atoms with Gasteiger partial charge in [-0.05, 0) is 61.8 Å². The van der Waals surface area contributed by atoms with Gasteiger partial charge in [0.05, 0.1) is 18.3 Å². The smallest absolute Gasteiger partial charge is 0.260 e. The van der Waals surface area contributed by atoms with Crippen LogP contribution in [0, 0.1) is 25.7 Å². The summed E-state index contributed by atoms with van der Waals surface area (Å²) in [6.07, 6.45) is 5.95. The maximum atomic E-state index is 12.7. The number of carbonyl (C=O) groups is 1. The topological polar surface area (TPSA) is 87.6 Å². The summed E-state index contributed by atoms with van der Waals surface area (Å²) in [6, 6.07) is 5.80. The molecule has 2 aliphatic rings. The molecule has 1 saturated heterocycles. The quantitative estimate of drug-likeness (QED) is 0.806. The van der Waals surface area contributed by atoms with Crippen LogP contribution in [-0.2, 0) is 4.79 Å². The van der Waals surface area contributed by atoms with Crippen LogP contribution in [0.2, 0.25) is 0 Å². The lowest BCUT2D eigenvalue weighted by Gasteiger charge is -2.35. The van der Waals surface area contributed by atoms with Gasteiger partial charge < -0.3 is 20.1 Å². The molecule has 1 aromatic heterocycles. The van der Waals surface area contributed by atoms with Crippen LogP contribution in [0.4, 0.5) is 5.82 Å². The minimum atomic E-state index is -0.458. The van der Waals surface area contributed by atoms with Crippen molar-refractivity contribution in [1.29, 1.82) is 0 Å². The first-order valence-electron chi connectivity index (χ1n) is 10.2. The third-order valence-electron chi connectivity index (χ3n) is 6.23. The van der Waals surface area contributed by atoms with E-state index in [2.05, 4.69) is 22.2 Å². The van der Waals surface area contributed by atoms with Gasteiger partial charge in [-0.1, -0.05) is 6.07 Å². The zero-order valence-electron chi connectivity index (χ0n) is 16.9. The third kappa shape index (κ3) is 4.50. The molecule has 4 atom stereocenters. The van der Waals surface area contributed by atoms with E-state index >= 15 is 0 Å². The minimum Gasteiger partial charge on any atom is -0.484 e. The first-order chi connectivity index (χ1) is 14.0. The molecule has 7 nitrogen and oxygen atoms in total. The number of nitrogens with one attached hydrogen (secondary N) is 1. The van der Waals surface area contributed by atoms with E-state index in [0.717, 1.165) is 17.7 Å². The minimum absolute atomic E-state index is 0.00514. The number of hydrogen-bond donors (Lipinski definition) is 2. The number of aryl methyl sites for hydroxylation is 2. The molecule has 2 fully saturated rings. The van der Waals surface area contributed by atoms with E-state index in [4.69, 9.17) is 4.74 Å². The van der Waals surface area contributed by atoms with E-state index in [-0.39, 0.29) is 18.6 Å². The summed E-state index contributed by atoms with van der Waals surface area (Å²) >= 11 is 0. The predicted molar refractivity (Wildman–Crippen MR) is 110 cm³/mol. The van der Waals surface area contributed by atoms with Crippen LogP contribution in [0.25, 0.3) is 0 Å². The van der Waals surface area contributed by atoms with Crippen LogP contribution in [0.5, 0.6) is 5.75 Å². The van der Waals surface area contributed by atoms with Gasteiger partial charge in [-0.15, -0.1) is 0 Å². The molecular weight excluding hydrogens is 368 g/mol. The highest BCUT2D eigenvalue weighted by Crippen LogP contribution is 2.37. The van der Waals surface area contributed by atoms with Crippen molar-refractivity contribution < 1.29 is 14.6 Å². The van der Waals surface area contributed by atoms with Crippen molar-refractivity contribution in [3.63, 3.8) is 0 Å². The Hall–Kier alpha value is -2.67. The first kappa shape index (κ1) is 19.6. The number of nitrogens with zero attached hydrogens (tertiary/aromatic N) is 3. The average Bonchev–Trinajstić information content (AvgIpc) is 3.12. The summed E-state index contributed by atoms with van der Waals surface area (Å²) in [6.45, 7) is 5.54. The number of ether oxygens (including phenoxy) is 1. The number of carbonyl (C=O) groups excluding carboxylic acids is 1. The molecular formula is C22H28N4O3. The van der Waals surface area contributed by atoms with Gasteiger partial charge in [-0.25, -0.2) is 4.98 Å². The van der Waals surface area contributed by atoms with Crippen molar-refractivity contribution in [2.45, 2.75) is 38.8 Å². The van der Waals surface area contributed by atoms with Crippen molar-refractivity contribution in [2.75, 3.05) is 25.0 Å². The Balaban J connectivity index is 1.31. The fourth-order valence-electron chi connectivity index (χ4n) is 4.39. The van der Waals surface area contributed by atoms with Gasteiger partial charge in [0.25, 0.3) is 5.91 Å². The fourth-order valence-corrected chi connectivity index (χ4v) is 4.39. The fraction of sp³-hybridized carbons (Fsp3) is 0.500. The Bertz CT molecular complexity index is 860. The molecule has 1 aliphatic carbocycles. The van der Waals surface area contributed by atoms with Gasteiger partial charge in [0, 0.05) is 25.5 Å². The van der Waals surface area contributed by atoms with Crippen LogP contribution in [0.1, 0.15) is 24.0 Å². The highest BCUT2D eigenvalue weighted by atomic mass is 16.5. The van der Waals surface area contributed by atoms with Crippen molar-refractivity contribution in [3.05, 3.63) is 47.9 Å². The van der Waals surface area contributed by atoms with Crippen LogP contribution >= 0.6 is 0 Å². The van der Waals surface area contributed by atoms with Gasteiger partial charge in [0.15, 0.2) is 6.61 Å².